The topological polar surface area (TPSA) is 43.8 Å². The van der Waals surface area contributed by atoms with Crippen molar-refractivity contribution in [2.45, 2.75) is 0 Å². The first-order valence-corrected chi connectivity index (χ1v) is 6.81. The average molecular weight is 332 g/mol. The van der Waals surface area contributed by atoms with Gasteiger partial charge in [0.15, 0.2) is 0 Å². The summed E-state index contributed by atoms with van der Waals surface area (Å²) in [6, 6.07) is 14.1. The third kappa shape index (κ3) is 2.20. The van der Waals surface area contributed by atoms with Crippen LogP contribution in [0.1, 0.15) is 0 Å². The number of nitrogens with zero attached hydrogens (tertiary/aromatic N) is 2. The molecule has 3 rings (SSSR count). The molecule has 100 valence electrons. The van der Waals surface area contributed by atoms with Crippen LogP contribution in [0.5, 0.6) is 0 Å². The molecule has 0 saturated heterocycles. The molecule has 5 heteroatoms. The molecule has 0 fully saturated rings. The molecule has 2 N–H and O–H groups in total. The Bertz CT molecular complexity index is 767. The van der Waals surface area contributed by atoms with Crippen molar-refractivity contribution in [3.63, 3.8) is 0 Å². The number of nitrogen functional groups attached to an aromatic ring is 1. The molecule has 0 spiro atoms. The molecule has 0 saturated carbocycles. The lowest BCUT2D eigenvalue weighted by molar-refractivity contribution is 0.630. The van der Waals surface area contributed by atoms with E-state index in [-0.39, 0.29) is 5.82 Å². The van der Waals surface area contributed by atoms with E-state index in [0.717, 1.165) is 10.2 Å². The van der Waals surface area contributed by atoms with Gasteiger partial charge in [-0.2, -0.15) is 5.10 Å². The van der Waals surface area contributed by atoms with Gasteiger partial charge in [0.1, 0.15) is 11.5 Å². The Hall–Kier alpha value is -2.14. The van der Waals surface area contributed by atoms with Crippen molar-refractivity contribution in [2.24, 2.45) is 0 Å². The van der Waals surface area contributed by atoms with Gasteiger partial charge in [-0.3, -0.25) is 0 Å². The average Bonchev–Trinajstić information content (AvgIpc) is 2.81. The maximum Gasteiger partial charge on any atom is 0.132 e. The molecule has 0 aliphatic rings. The van der Waals surface area contributed by atoms with Crippen molar-refractivity contribution in [2.75, 3.05) is 5.73 Å². The van der Waals surface area contributed by atoms with E-state index in [1.807, 2.05) is 24.3 Å². The molecule has 2 aromatic carbocycles. The number of nitrogens with two attached hydrogens (primary N) is 1. The van der Waals surface area contributed by atoms with E-state index in [4.69, 9.17) is 5.73 Å². The van der Waals surface area contributed by atoms with Crippen LogP contribution in [0.3, 0.4) is 0 Å². The third-order valence-corrected chi connectivity index (χ3v) is 3.64. The van der Waals surface area contributed by atoms with Gasteiger partial charge < -0.3 is 5.73 Å². The van der Waals surface area contributed by atoms with Crippen molar-refractivity contribution in [1.29, 1.82) is 0 Å². The Morgan fingerprint density at radius 1 is 1.05 bits per heavy atom. The maximum atomic E-state index is 13.8. The molecule has 0 amide bonds. The number of anilines is 1. The summed E-state index contributed by atoms with van der Waals surface area (Å²) in [5, 5.41) is 4.39. The first-order valence-electron chi connectivity index (χ1n) is 6.02. The molecule has 0 radical (unpaired) electrons. The summed E-state index contributed by atoms with van der Waals surface area (Å²) in [7, 11) is 0. The summed E-state index contributed by atoms with van der Waals surface area (Å²) < 4.78 is 16.4. The molecule has 20 heavy (non-hydrogen) atoms. The van der Waals surface area contributed by atoms with Crippen LogP contribution in [-0.4, -0.2) is 9.78 Å². The molecule has 0 aliphatic carbocycles. The Morgan fingerprint density at radius 2 is 1.75 bits per heavy atom. The summed E-state index contributed by atoms with van der Waals surface area (Å²) in [5.41, 5.74) is 8.09. The molecular weight excluding hydrogens is 321 g/mol. The quantitative estimate of drug-likeness (QED) is 0.770. The number of para-hydroxylation sites is 1. The Labute approximate surface area is 124 Å². The zero-order valence-electron chi connectivity index (χ0n) is 10.4. The van der Waals surface area contributed by atoms with Crippen molar-refractivity contribution in [3.8, 4) is 16.9 Å². The molecule has 3 aromatic rings. The van der Waals surface area contributed by atoms with Gasteiger partial charge in [0.2, 0.25) is 0 Å². The van der Waals surface area contributed by atoms with Crippen LogP contribution in [0.15, 0.2) is 59.2 Å². The van der Waals surface area contributed by atoms with Crippen LogP contribution >= 0.6 is 15.9 Å². The van der Waals surface area contributed by atoms with E-state index in [0.29, 0.717) is 16.9 Å². The second-order valence-electron chi connectivity index (χ2n) is 4.31. The molecule has 0 bridgehead atoms. The van der Waals surface area contributed by atoms with Gasteiger partial charge in [-0.15, -0.1) is 0 Å². The highest BCUT2D eigenvalue weighted by atomic mass is 79.9. The van der Waals surface area contributed by atoms with Crippen molar-refractivity contribution < 1.29 is 4.39 Å². The Balaban J connectivity index is 2.13. The number of aromatic nitrogens is 2. The van der Waals surface area contributed by atoms with E-state index in [9.17, 15) is 4.39 Å². The Morgan fingerprint density at radius 3 is 2.50 bits per heavy atom. The van der Waals surface area contributed by atoms with Gasteiger partial charge in [-0.1, -0.05) is 24.3 Å². The standard InChI is InChI=1S/C15H11BrFN3/c16-11-6-2-4-8-14(11)20-9-13(18)15(19-20)10-5-1-3-7-12(10)17/h1-9H,18H2. The second-order valence-corrected chi connectivity index (χ2v) is 5.16. The fourth-order valence-electron chi connectivity index (χ4n) is 2.01. The monoisotopic (exact) mass is 331 g/mol. The lowest BCUT2D eigenvalue weighted by Crippen LogP contribution is -1.96. The predicted octanol–water partition coefficient (Wildman–Crippen LogP) is 4.02. The number of hydrogen-bond donors (Lipinski definition) is 1. The van der Waals surface area contributed by atoms with E-state index in [1.54, 1.807) is 29.1 Å². The predicted molar refractivity (Wildman–Crippen MR) is 81.1 cm³/mol. The highest BCUT2D eigenvalue weighted by molar-refractivity contribution is 9.10. The minimum absolute atomic E-state index is 0.337. The van der Waals surface area contributed by atoms with Crippen LogP contribution < -0.4 is 5.73 Å². The summed E-state index contributed by atoms with van der Waals surface area (Å²) in [6.45, 7) is 0. The lowest BCUT2D eigenvalue weighted by atomic mass is 10.1. The largest absolute Gasteiger partial charge is 0.396 e. The van der Waals surface area contributed by atoms with E-state index in [1.165, 1.54) is 6.07 Å². The Kier molecular flexibility index (Phi) is 3.28. The van der Waals surface area contributed by atoms with E-state index in [2.05, 4.69) is 21.0 Å². The molecular formula is C15H11BrFN3. The number of benzene rings is 2. The van der Waals surface area contributed by atoms with Crippen LogP contribution in [0.2, 0.25) is 0 Å². The van der Waals surface area contributed by atoms with Gasteiger partial charge in [0.25, 0.3) is 0 Å². The van der Waals surface area contributed by atoms with Gasteiger partial charge in [0, 0.05) is 10.0 Å². The maximum absolute atomic E-state index is 13.8. The molecule has 0 aliphatic heterocycles. The summed E-state index contributed by atoms with van der Waals surface area (Å²) in [6.07, 6.45) is 1.68. The summed E-state index contributed by atoms with van der Waals surface area (Å²) in [4.78, 5) is 0. The smallest absolute Gasteiger partial charge is 0.132 e. The van der Waals surface area contributed by atoms with Gasteiger partial charge >= 0.3 is 0 Å². The van der Waals surface area contributed by atoms with Crippen LogP contribution in [0, 0.1) is 5.82 Å². The summed E-state index contributed by atoms with van der Waals surface area (Å²) in [5.74, 6) is -0.337. The number of halogens is 2. The number of hydrogen-bond acceptors (Lipinski definition) is 2. The first-order chi connectivity index (χ1) is 9.66. The van der Waals surface area contributed by atoms with Crippen molar-refractivity contribution in [3.05, 3.63) is 65.0 Å². The minimum Gasteiger partial charge on any atom is -0.396 e. The van der Waals surface area contributed by atoms with Crippen molar-refractivity contribution in [1.82, 2.24) is 9.78 Å². The fraction of sp³-hybridized carbons (Fsp3) is 0. The van der Waals surface area contributed by atoms with Gasteiger partial charge in [-0.25, -0.2) is 9.07 Å². The van der Waals surface area contributed by atoms with Crippen LogP contribution in [-0.2, 0) is 0 Å². The third-order valence-electron chi connectivity index (χ3n) is 2.97. The fourth-order valence-corrected chi connectivity index (χ4v) is 2.48. The zero-order chi connectivity index (χ0) is 14.1. The highest BCUT2D eigenvalue weighted by Crippen LogP contribution is 2.29. The normalized spacial score (nSPS) is 10.7. The highest BCUT2D eigenvalue weighted by Gasteiger charge is 2.14. The summed E-state index contributed by atoms with van der Waals surface area (Å²) >= 11 is 3.46. The molecule has 0 unspecified atom stereocenters. The second kappa shape index (κ2) is 5.09. The molecule has 1 heterocycles. The van der Waals surface area contributed by atoms with E-state index >= 15 is 0 Å². The van der Waals surface area contributed by atoms with Gasteiger partial charge in [0.05, 0.1) is 17.6 Å². The molecule has 3 nitrogen and oxygen atoms in total. The zero-order valence-corrected chi connectivity index (χ0v) is 12.0. The first kappa shape index (κ1) is 12.9. The lowest BCUT2D eigenvalue weighted by Gasteiger charge is -2.03. The molecule has 1 aromatic heterocycles. The number of rotatable bonds is 2. The van der Waals surface area contributed by atoms with Crippen LogP contribution in [0.4, 0.5) is 10.1 Å². The van der Waals surface area contributed by atoms with Crippen LogP contribution in [0.25, 0.3) is 16.9 Å². The van der Waals surface area contributed by atoms with Crippen molar-refractivity contribution >= 4 is 21.6 Å². The minimum atomic E-state index is -0.337. The van der Waals surface area contributed by atoms with Gasteiger partial charge in [-0.05, 0) is 40.2 Å². The SMILES string of the molecule is Nc1cn(-c2ccccc2Br)nc1-c1ccccc1F. The molecule has 0 atom stereocenters. The van der Waals surface area contributed by atoms with E-state index < -0.39 is 0 Å².